The molecule has 2 rings (SSSR count). The normalized spacial score (nSPS) is 10.3. The molecule has 1 aromatic carbocycles. The lowest BCUT2D eigenvalue weighted by Crippen LogP contribution is -1.95. The average Bonchev–Trinajstić information content (AvgIpc) is 2.32. The second-order valence-electron chi connectivity index (χ2n) is 3.28. The van der Waals surface area contributed by atoms with Crippen LogP contribution < -0.4 is 4.74 Å². The lowest BCUT2D eigenvalue weighted by Gasteiger charge is -2.07. The van der Waals surface area contributed by atoms with Crippen molar-refractivity contribution in [2.75, 3.05) is 0 Å². The van der Waals surface area contributed by atoms with E-state index >= 15 is 0 Å². The number of ether oxygens (including phenoxy) is 1. The van der Waals surface area contributed by atoms with Crippen LogP contribution in [0.4, 0.5) is 8.78 Å². The molecule has 1 aromatic heterocycles. The van der Waals surface area contributed by atoms with E-state index in [4.69, 9.17) is 16.3 Å². The molecule has 0 saturated carbocycles. The molecule has 0 aliphatic heterocycles. The highest BCUT2D eigenvalue weighted by Gasteiger charge is 2.11. The van der Waals surface area contributed by atoms with Gasteiger partial charge < -0.3 is 4.74 Å². The quantitative estimate of drug-likeness (QED) is 0.776. The maximum absolute atomic E-state index is 13.7. The van der Waals surface area contributed by atoms with Crippen molar-refractivity contribution in [3.05, 3.63) is 53.7 Å². The molecule has 0 fully saturated rings. The lowest BCUT2D eigenvalue weighted by molar-refractivity contribution is 0.417. The molecule has 0 unspecified atom stereocenters. The number of alkyl halides is 1. The number of benzene rings is 1. The summed E-state index contributed by atoms with van der Waals surface area (Å²) in [7, 11) is 0. The largest absolute Gasteiger partial charge is 0.436 e. The number of hydrogen-bond acceptors (Lipinski definition) is 2. The van der Waals surface area contributed by atoms with E-state index in [-0.39, 0.29) is 23.1 Å². The molecule has 17 heavy (non-hydrogen) atoms. The SMILES string of the molecule is Fc1cccc(Oc2nccc(CCl)c2F)c1. The van der Waals surface area contributed by atoms with Gasteiger partial charge in [0.1, 0.15) is 11.6 Å². The first-order chi connectivity index (χ1) is 8.20. The number of hydrogen-bond donors (Lipinski definition) is 0. The van der Waals surface area contributed by atoms with Crippen molar-refractivity contribution in [2.24, 2.45) is 0 Å². The summed E-state index contributed by atoms with van der Waals surface area (Å²) in [5.74, 6) is -1.10. The number of pyridine rings is 1. The van der Waals surface area contributed by atoms with Crippen molar-refractivity contribution in [1.82, 2.24) is 4.98 Å². The van der Waals surface area contributed by atoms with Gasteiger partial charge in [-0.15, -0.1) is 11.6 Å². The van der Waals surface area contributed by atoms with Gasteiger partial charge in [-0.25, -0.2) is 13.8 Å². The third kappa shape index (κ3) is 2.71. The van der Waals surface area contributed by atoms with Gasteiger partial charge in [0.05, 0.1) is 5.88 Å². The predicted molar refractivity (Wildman–Crippen MR) is 60.2 cm³/mol. The van der Waals surface area contributed by atoms with Crippen molar-refractivity contribution in [1.29, 1.82) is 0 Å². The van der Waals surface area contributed by atoms with E-state index in [0.29, 0.717) is 0 Å². The van der Waals surface area contributed by atoms with E-state index < -0.39 is 11.6 Å². The molecule has 0 radical (unpaired) electrons. The van der Waals surface area contributed by atoms with Gasteiger partial charge in [0.25, 0.3) is 5.88 Å². The van der Waals surface area contributed by atoms with Gasteiger partial charge in [0.15, 0.2) is 5.82 Å². The van der Waals surface area contributed by atoms with E-state index in [1.807, 2.05) is 0 Å². The maximum Gasteiger partial charge on any atom is 0.256 e. The van der Waals surface area contributed by atoms with Gasteiger partial charge >= 0.3 is 0 Å². The Balaban J connectivity index is 2.30. The highest BCUT2D eigenvalue weighted by molar-refractivity contribution is 6.17. The lowest BCUT2D eigenvalue weighted by atomic mass is 10.3. The minimum atomic E-state index is -0.633. The molecule has 1 heterocycles. The van der Waals surface area contributed by atoms with E-state index in [1.54, 1.807) is 0 Å². The third-order valence-electron chi connectivity index (χ3n) is 2.09. The van der Waals surface area contributed by atoms with E-state index in [0.717, 1.165) is 6.07 Å². The minimum Gasteiger partial charge on any atom is -0.436 e. The molecule has 0 aliphatic rings. The van der Waals surface area contributed by atoms with Crippen LogP contribution in [0.1, 0.15) is 5.56 Å². The first-order valence-corrected chi connectivity index (χ1v) is 5.37. The Morgan fingerprint density at radius 1 is 1.24 bits per heavy atom. The van der Waals surface area contributed by atoms with Crippen LogP contribution in [0.2, 0.25) is 0 Å². The topological polar surface area (TPSA) is 22.1 Å². The van der Waals surface area contributed by atoms with Gasteiger partial charge in [-0.3, -0.25) is 0 Å². The highest BCUT2D eigenvalue weighted by atomic mass is 35.5. The van der Waals surface area contributed by atoms with Crippen LogP contribution >= 0.6 is 11.6 Å². The molecule has 0 spiro atoms. The molecular formula is C12H8ClF2NO. The standard InChI is InChI=1S/C12H8ClF2NO/c13-7-8-4-5-16-12(11(8)15)17-10-3-1-2-9(14)6-10/h1-6H,7H2. The summed E-state index contributed by atoms with van der Waals surface area (Å²) in [5, 5.41) is 0. The Morgan fingerprint density at radius 3 is 2.76 bits per heavy atom. The summed E-state index contributed by atoms with van der Waals surface area (Å²) in [6, 6.07) is 6.85. The smallest absolute Gasteiger partial charge is 0.256 e. The Hall–Kier alpha value is -1.68. The average molecular weight is 256 g/mol. The fraction of sp³-hybridized carbons (Fsp3) is 0.0833. The van der Waals surface area contributed by atoms with E-state index in [1.165, 1.54) is 30.5 Å². The minimum absolute atomic E-state index is 0.0217. The summed E-state index contributed by atoms with van der Waals surface area (Å²) in [4.78, 5) is 3.73. The second kappa shape index (κ2) is 5.10. The molecule has 2 aromatic rings. The molecule has 2 nitrogen and oxygen atoms in total. The van der Waals surface area contributed by atoms with Crippen LogP contribution in [0.3, 0.4) is 0 Å². The van der Waals surface area contributed by atoms with E-state index in [2.05, 4.69) is 4.98 Å². The number of rotatable bonds is 3. The van der Waals surface area contributed by atoms with Gasteiger partial charge in [0.2, 0.25) is 0 Å². The monoisotopic (exact) mass is 255 g/mol. The van der Waals surface area contributed by atoms with Crippen molar-refractivity contribution >= 4 is 11.6 Å². The predicted octanol–water partition coefficient (Wildman–Crippen LogP) is 3.89. The maximum atomic E-state index is 13.7. The van der Waals surface area contributed by atoms with Gasteiger partial charge in [-0.05, 0) is 18.2 Å². The van der Waals surface area contributed by atoms with Crippen molar-refractivity contribution in [3.63, 3.8) is 0 Å². The Bertz CT molecular complexity index is 534. The molecule has 0 bridgehead atoms. The zero-order valence-electron chi connectivity index (χ0n) is 8.66. The highest BCUT2D eigenvalue weighted by Crippen LogP contribution is 2.25. The van der Waals surface area contributed by atoms with Crippen LogP contribution in [0.25, 0.3) is 0 Å². The number of halogens is 3. The fourth-order valence-corrected chi connectivity index (χ4v) is 1.49. The molecular weight excluding hydrogens is 248 g/mol. The molecule has 88 valence electrons. The zero-order chi connectivity index (χ0) is 12.3. The number of nitrogens with zero attached hydrogens (tertiary/aromatic N) is 1. The molecule has 0 atom stereocenters. The van der Waals surface area contributed by atoms with Crippen LogP contribution in [0.15, 0.2) is 36.5 Å². The Kier molecular flexibility index (Phi) is 3.54. The summed E-state index contributed by atoms with van der Waals surface area (Å²) in [6.07, 6.45) is 1.38. The third-order valence-corrected chi connectivity index (χ3v) is 2.38. The van der Waals surface area contributed by atoms with Crippen LogP contribution in [0.5, 0.6) is 11.6 Å². The van der Waals surface area contributed by atoms with Crippen molar-refractivity contribution in [2.45, 2.75) is 5.88 Å². The first kappa shape index (κ1) is 11.8. The number of aromatic nitrogens is 1. The Morgan fingerprint density at radius 2 is 2.06 bits per heavy atom. The fourth-order valence-electron chi connectivity index (χ4n) is 1.28. The molecule has 0 N–H and O–H groups in total. The van der Waals surface area contributed by atoms with Crippen molar-refractivity contribution < 1.29 is 13.5 Å². The van der Waals surface area contributed by atoms with Gasteiger partial charge in [-0.1, -0.05) is 6.07 Å². The van der Waals surface area contributed by atoms with Crippen LogP contribution in [-0.4, -0.2) is 4.98 Å². The molecule has 0 saturated heterocycles. The summed E-state index contributed by atoms with van der Waals surface area (Å²) >= 11 is 5.55. The zero-order valence-corrected chi connectivity index (χ0v) is 9.42. The molecule has 5 heteroatoms. The second-order valence-corrected chi connectivity index (χ2v) is 3.55. The van der Waals surface area contributed by atoms with E-state index in [9.17, 15) is 8.78 Å². The first-order valence-electron chi connectivity index (χ1n) is 4.83. The molecule has 0 amide bonds. The van der Waals surface area contributed by atoms with Gasteiger partial charge in [0, 0.05) is 17.8 Å². The van der Waals surface area contributed by atoms with Crippen molar-refractivity contribution in [3.8, 4) is 11.6 Å². The Labute approximate surface area is 102 Å². The van der Waals surface area contributed by atoms with Gasteiger partial charge in [-0.2, -0.15) is 0 Å². The van der Waals surface area contributed by atoms with Crippen LogP contribution in [-0.2, 0) is 5.88 Å². The summed E-state index contributed by atoms with van der Waals surface area (Å²) in [6.45, 7) is 0. The molecule has 0 aliphatic carbocycles. The summed E-state index contributed by atoms with van der Waals surface area (Å²) in [5.41, 5.74) is 0.285. The summed E-state index contributed by atoms with van der Waals surface area (Å²) < 4.78 is 31.7. The van der Waals surface area contributed by atoms with Crippen LogP contribution in [0, 0.1) is 11.6 Å².